The molecule has 3 N–H and O–H groups in total. The van der Waals surface area contributed by atoms with Crippen molar-refractivity contribution in [2.24, 2.45) is 15.8 Å². The second-order valence-corrected chi connectivity index (χ2v) is 5.68. The van der Waals surface area contributed by atoms with Gasteiger partial charge < -0.3 is 10.8 Å². The van der Waals surface area contributed by atoms with Crippen LogP contribution in [-0.4, -0.2) is 48.8 Å². The summed E-state index contributed by atoms with van der Waals surface area (Å²) in [5.74, 6) is 1.30. The third kappa shape index (κ3) is 2.95. The number of pyridine rings is 1. The molecule has 0 amide bonds. The number of azo groups is 2. The van der Waals surface area contributed by atoms with Gasteiger partial charge in [0.2, 0.25) is 5.69 Å². The molecule has 0 bridgehead atoms. The second-order valence-electron chi connectivity index (χ2n) is 5.68. The van der Waals surface area contributed by atoms with Gasteiger partial charge in [0.1, 0.15) is 6.54 Å². The van der Waals surface area contributed by atoms with Gasteiger partial charge >= 0.3 is 5.82 Å². The van der Waals surface area contributed by atoms with Crippen LogP contribution in [0.2, 0.25) is 0 Å². The number of hydrogen-bond acceptors (Lipinski definition) is 7. The number of aliphatic hydroxyl groups excluding tert-OH is 1. The fourth-order valence-electron chi connectivity index (χ4n) is 2.64. The normalized spacial score (nSPS) is 13.7. The molecule has 9 heteroatoms. The molecule has 3 aromatic heterocycles. The van der Waals surface area contributed by atoms with Crippen molar-refractivity contribution in [3.8, 4) is 0 Å². The maximum absolute atomic E-state index is 8.82. The SMILES string of the molecule is NC=C(C=NCCO)c1cnc2c(n1)[N+](Cc1ccn3nccc3c1)=N2. The summed E-state index contributed by atoms with van der Waals surface area (Å²) < 4.78 is 3.61. The molecule has 0 aromatic carbocycles. The molecule has 1 aliphatic heterocycles. The van der Waals surface area contributed by atoms with Crippen molar-refractivity contribution in [2.45, 2.75) is 6.54 Å². The van der Waals surface area contributed by atoms with Gasteiger partial charge in [-0.15, -0.1) is 4.70 Å². The van der Waals surface area contributed by atoms with E-state index in [2.05, 4.69) is 31.2 Å². The van der Waals surface area contributed by atoms with Crippen molar-refractivity contribution in [2.75, 3.05) is 13.2 Å². The predicted molar refractivity (Wildman–Crippen MR) is 95.5 cm³/mol. The van der Waals surface area contributed by atoms with Gasteiger partial charge in [0.25, 0.3) is 5.82 Å². The summed E-state index contributed by atoms with van der Waals surface area (Å²) in [4.78, 5) is 13.0. The van der Waals surface area contributed by atoms with Crippen LogP contribution in [0.25, 0.3) is 11.1 Å². The van der Waals surface area contributed by atoms with Crippen molar-refractivity contribution < 1.29 is 9.80 Å². The van der Waals surface area contributed by atoms with E-state index in [1.54, 1.807) is 23.3 Å². The number of rotatable bonds is 6. The van der Waals surface area contributed by atoms with Gasteiger partial charge in [0.15, 0.2) is 0 Å². The second kappa shape index (κ2) is 6.81. The Morgan fingerprint density at radius 3 is 3.15 bits per heavy atom. The topological polar surface area (TPSA) is 117 Å². The highest BCUT2D eigenvalue weighted by Gasteiger charge is 2.32. The smallest absolute Gasteiger partial charge is 0.393 e. The average Bonchev–Trinajstić information content (AvgIpc) is 3.11. The lowest BCUT2D eigenvalue weighted by Crippen LogP contribution is -2.14. The van der Waals surface area contributed by atoms with Gasteiger partial charge in [-0.2, -0.15) is 5.10 Å². The maximum Gasteiger partial charge on any atom is 0.393 e. The molecule has 0 fully saturated rings. The number of hydrogen-bond donors (Lipinski definition) is 2. The minimum atomic E-state index is -0.0155. The molecule has 1 aliphatic rings. The predicted octanol–water partition coefficient (Wildman–Crippen LogP) is 1.43. The molecule has 0 saturated carbocycles. The van der Waals surface area contributed by atoms with E-state index in [9.17, 15) is 0 Å². The van der Waals surface area contributed by atoms with Crippen LogP contribution in [0.3, 0.4) is 0 Å². The van der Waals surface area contributed by atoms with E-state index in [0.717, 1.165) is 11.1 Å². The first-order valence-electron chi connectivity index (χ1n) is 8.10. The summed E-state index contributed by atoms with van der Waals surface area (Å²) in [5.41, 5.74) is 9.04. The summed E-state index contributed by atoms with van der Waals surface area (Å²) >= 11 is 0. The largest absolute Gasteiger partial charge is 0.404 e. The molecule has 26 heavy (non-hydrogen) atoms. The highest BCUT2D eigenvalue weighted by atomic mass is 16.3. The molecular weight excluding hydrogens is 332 g/mol. The van der Waals surface area contributed by atoms with Gasteiger partial charge in [-0.3, -0.25) is 4.99 Å². The van der Waals surface area contributed by atoms with Crippen LogP contribution in [0.15, 0.2) is 53.1 Å². The molecule has 0 aliphatic carbocycles. The van der Waals surface area contributed by atoms with E-state index >= 15 is 0 Å². The van der Waals surface area contributed by atoms with Gasteiger partial charge in [-0.05, 0) is 28.7 Å². The van der Waals surface area contributed by atoms with Crippen LogP contribution in [-0.2, 0) is 6.54 Å². The van der Waals surface area contributed by atoms with Gasteiger partial charge in [0.05, 0.1) is 30.4 Å². The monoisotopic (exact) mass is 349 g/mol. The third-order valence-corrected chi connectivity index (χ3v) is 3.93. The number of nitrogens with two attached hydrogens (primary N) is 1. The molecule has 130 valence electrons. The van der Waals surface area contributed by atoms with Gasteiger partial charge in [-0.25, -0.2) is 9.50 Å². The van der Waals surface area contributed by atoms with Crippen molar-refractivity contribution in [3.05, 3.63) is 54.2 Å². The summed E-state index contributed by atoms with van der Waals surface area (Å²) in [6.45, 7) is 0.889. The lowest BCUT2D eigenvalue weighted by Gasteiger charge is -2.11. The van der Waals surface area contributed by atoms with Gasteiger partial charge in [0, 0.05) is 24.8 Å². The molecule has 0 atom stereocenters. The highest BCUT2D eigenvalue weighted by molar-refractivity contribution is 6.08. The molecule has 0 radical (unpaired) electrons. The first kappa shape index (κ1) is 16.0. The average molecular weight is 349 g/mol. The Bertz CT molecular complexity index is 1050. The molecule has 9 nitrogen and oxygen atoms in total. The standard InChI is InChI=1S/C17H16N8O/c18-8-13(9-19-4-6-26)15-10-20-16-17(22-15)25(23-16)11-12-2-5-24-14(7-12)1-3-21-24/h1-3,5,7-10,18,26H,4,6,11H2/p+1. The van der Waals surface area contributed by atoms with E-state index in [1.165, 1.54) is 6.20 Å². The van der Waals surface area contributed by atoms with Crippen LogP contribution >= 0.6 is 0 Å². The van der Waals surface area contributed by atoms with E-state index in [1.807, 2.05) is 22.8 Å². The zero-order chi connectivity index (χ0) is 17.9. The Morgan fingerprint density at radius 2 is 2.31 bits per heavy atom. The zero-order valence-corrected chi connectivity index (χ0v) is 13.9. The lowest BCUT2D eigenvalue weighted by molar-refractivity contribution is -0.546. The van der Waals surface area contributed by atoms with E-state index < -0.39 is 0 Å². The number of nitrogens with zero attached hydrogens (tertiary/aromatic N) is 7. The fourth-order valence-corrected chi connectivity index (χ4v) is 2.64. The minimum Gasteiger partial charge on any atom is -0.404 e. The Balaban J connectivity index is 1.55. The minimum absolute atomic E-state index is 0.0155. The van der Waals surface area contributed by atoms with Crippen molar-refractivity contribution >= 4 is 28.9 Å². The van der Waals surface area contributed by atoms with Crippen LogP contribution in [0.4, 0.5) is 11.6 Å². The Labute approximate surface area is 148 Å². The first-order valence-corrected chi connectivity index (χ1v) is 8.10. The molecule has 0 saturated heterocycles. The first-order chi connectivity index (χ1) is 12.8. The number of allylic oxidation sites excluding steroid dienone is 1. The number of aliphatic imine (C=N–C) groups is 1. The Hall–Kier alpha value is -3.46. The number of aliphatic hydroxyl groups is 1. The Kier molecular flexibility index (Phi) is 4.20. The molecule has 4 heterocycles. The fraction of sp³-hybridized carbons (Fsp3) is 0.176. The van der Waals surface area contributed by atoms with Crippen LogP contribution in [0, 0.1) is 0 Å². The van der Waals surface area contributed by atoms with Gasteiger partial charge in [-0.1, -0.05) is 5.11 Å². The molecule has 0 spiro atoms. The number of fused-ring (bicyclic) bond motifs is 2. The number of aromatic nitrogens is 4. The van der Waals surface area contributed by atoms with E-state index in [0.29, 0.717) is 36.0 Å². The zero-order valence-electron chi connectivity index (χ0n) is 13.9. The van der Waals surface area contributed by atoms with Crippen molar-refractivity contribution in [3.63, 3.8) is 0 Å². The third-order valence-electron chi connectivity index (χ3n) is 3.93. The lowest BCUT2D eigenvalue weighted by atomic mass is 10.2. The quantitative estimate of drug-likeness (QED) is 0.516. The van der Waals surface area contributed by atoms with E-state index in [4.69, 9.17) is 10.8 Å². The molecule has 0 unspecified atom stereocenters. The van der Waals surface area contributed by atoms with Crippen LogP contribution < -0.4 is 5.73 Å². The van der Waals surface area contributed by atoms with Crippen LogP contribution in [0.5, 0.6) is 0 Å². The summed E-state index contributed by atoms with van der Waals surface area (Å²) in [7, 11) is 0. The van der Waals surface area contributed by atoms with Crippen LogP contribution in [0.1, 0.15) is 11.3 Å². The summed E-state index contributed by atoms with van der Waals surface area (Å²) in [6.07, 6.45) is 8.30. The van der Waals surface area contributed by atoms with Crippen molar-refractivity contribution in [1.29, 1.82) is 0 Å². The summed E-state index contributed by atoms with van der Waals surface area (Å²) in [5, 5.41) is 17.4. The molecule has 3 aromatic rings. The summed E-state index contributed by atoms with van der Waals surface area (Å²) in [6, 6.07) is 6.01. The maximum atomic E-state index is 8.82. The van der Waals surface area contributed by atoms with Crippen molar-refractivity contribution in [1.82, 2.24) is 19.6 Å². The molecule has 4 rings (SSSR count). The molecular formula is C17H17N8O+. The van der Waals surface area contributed by atoms with E-state index in [-0.39, 0.29) is 6.61 Å². The Morgan fingerprint density at radius 1 is 1.38 bits per heavy atom. The highest BCUT2D eigenvalue weighted by Crippen LogP contribution is 2.34.